The van der Waals surface area contributed by atoms with Crippen LogP contribution in [0.2, 0.25) is 5.02 Å². The lowest BCUT2D eigenvalue weighted by atomic mass is 10.1. The molecule has 2 N–H and O–H groups in total. The highest BCUT2D eigenvalue weighted by molar-refractivity contribution is 6.34. The van der Waals surface area contributed by atoms with Crippen LogP contribution in [0.15, 0.2) is 54.9 Å². The van der Waals surface area contributed by atoms with Crippen molar-refractivity contribution in [2.45, 2.75) is 13.8 Å². The Morgan fingerprint density at radius 1 is 1.04 bits per heavy atom. The molecule has 1 heterocycles. The van der Waals surface area contributed by atoms with Crippen molar-refractivity contribution in [3.05, 3.63) is 76.6 Å². The van der Waals surface area contributed by atoms with E-state index in [0.717, 1.165) is 16.8 Å². The van der Waals surface area contributed by atoms with Gasteiger partial charge < -0.3 is 10.6 Å². The Labute approximate surface area is 151 Å². The standard InChI is InChI=1S/C19H17ClN4O/c1-12-8-13(2)17(16(20)9-12)24-18(25)14-10-21-19(22-11-14)23-15-6-4-3-5-7-15/h3-11H,1-2H3,(H,24,25)(H,21,22,23). The Morgan fingerprint density at radius 2 is 1.72 bits per heavy atom. The number of hydrogen-bond donors (Lipinski definition) is 2. The fourth-order valence-corrected chi connectivity index (χ4v) is 2.79. The number of carbonyl (C=O) groups is 1. The van der Waals surface area contributed by atoms with Crippen molar-refractivity contribution in [1.82, 2.24) is 9.97 Å². The third-order valence-corrected chi connectivity index (χ3v) is 3.91. The number of nitrogens with one attached hydrogen (secondary N) is 2. The molecule has 126 valence electrons. The number of nitrogens with zero attached hydrogens (tertiary/aromatic N) is 2. The van der Waals surface area contributed by atoms with Gasteiger partial charge in [-0.3, -0.25) is 4.79 Å². The van der Waals surface area contributed by atoms with Gasteiger partial charge in [0.05, 0.1) is 16.3 Å². The van der Waals surface area contributed by atoms with Crippen LogP contribution in [0, 0.1) is 13.8 Å². The van der Waals surface area contributed by atoms with E-state index in [0.29, 0.717) is 22.2 Å². The summed E-state index contributed by atoms with van der Waals surface area (Å²) in [5.41, 5.74) is 3.78. The van der Waals surface area contributed by atoms with Crippen LogP contribution in [0.1, 0.15) is 21.5 Å². The van der Waals surface area contributed by atoms with Gasteiger partial charge in [0.25, 0.3) is 5.91 Å². The number of benzene rings is 2. The summed E-state index contributed by atoms with van der Waals surface area (Å²) in [6.45, 7) is 3.86. The Hall–Kier alpha value is -2.92. The summed E-state index contributed by atoms with van der Waals surface area (Å²) >= 11 is 6.23. The molecule has 0 atom stereocenters. The number of rotatable bonds is 4. The van der Waals surface area contributed by atoms with E-state index in [1.807, 2.05) is 56.3 Å². The molecule has 25 heavy (non-hydrogen) atoms. The normalized spacial score (nSPS) is 10.4. The van der Waals surface area contributed by atoms with Gasteiger partial charge in [-0.25, -0.2) is 9.97 Å². The molecule has 0 fully saturated rings. The van der Waals surface area contributed by atoms with Gasteiger partial charge in [-0.2, -0.15) is 0 Å². The van der Waals surface area contributed by atoms with Crippen LogP contribution in [-0.4, -0.2) is 15.9 Å². The molecule has 1 amide bonds. The summed E-state index contributed by atoms with van der Waals surface area (Å²) in [4.78, 5) is 20.8. The lowest BCUT2D eigenvalue weighted by Gasteiger charge is -2.11. The summed E-state index contributed by atoms with van der Waals surface area (Å²) in [7, 11) is 0. The van der Waals surface area contributed by atoms with Crippen molar-refractivity contribution in [3.8, 4) is 0 Å². The van der Waals surface area contributed by atoms with Gasteiger partial charge in [-0.15, -0.1) is 0 Å². The molecule has 3 aromatic rings. The van der Waals surface area contributed by atoms with Crippen molar-refractivity contribution in [2.75, 3.05) is 10.6 Å². The molecule has 0 saturated heterocycles. The number of amides is 1. The lowest BCUT2D eigenvalue weighted by Crippen LogP contribution is -2.14. The second-order valence-electron chi connectivity index (χ2n) is 5.68. The van der Waals surface area contributed by atoms with E-state index in [9.17, 15) is 4.79 Å². The quantitative estimate of drug-likeness (QED) is 0.711. The number of anilines is 3. The van der Waals surface area contributed by atoms with E-state index in [1.54, 1.807) is 0 Å². The molecule has 0 aliphatic rings. The molecule has 2 aromatic carbocycles. The van der Waals surface area contributed by atoms with E-state index in [-0.39, 0.29) is 5.91 Å². The van der Waals surface area contributed by atoms with Crippen LogP contribution in [0.3, 0.4) is 0 Å². The average molecular weight is 353 g/mol. The van der Waals surface area contributed by atoms with Crippen molar-refractivity contribution in [3.63, 3.8) is 0 Å². The fraction of sp³-hybridized carbons (Fsp3) is 0.105. The molecule has 1 aromatic heterocycles. The molecule has 0 aliphatic carbocycles. The first-order valence-electron chi connectivity index (χ1n) is 7.75. The highest BCUT2D eigenvalue weighted by atomic mass is 35.5. The highest BCUT2D eigenvalue weighted by Gasteiger charge is 2.12. The van der Waals surface area contributed by atoms with Crippen LogP contribution < -0.4 is 10.6 Å². The third-order valence-electron chi connectivity index (χ3n) is 3.61. The van der Waals surface area contributed by atoms with Crippen LogP contribution in [0.4, 0.5) is 17.3 Å². The minimum Gasteiger partial charge on any atom is -0.324 e. The molecule has 3 rings (SSSR count). The van der Waals surface area contributed by atoms with Gasteiger partial charge in [-0.05, 0) is 43.2 Å². The van der Waals surface area contributed by atoms with Crippen molar-refractivity contribution in [1.29, 1.82) is 0 Å². The fourth-order valence-electron chi connectivity index (χ4n) is 2.42. The first kappa shape index (κ1) is 16.9. The summed E-state index contributed by atoms with van der Waals surface area (Å²) in [5, 5.41) is 6.40. The first-order chi connectivity index (χ1) is 12.0. The molecule has 6 heteroatoms. The molecule has 0 saturated carbocycles. The molecule has 0 bridgehead atoms. The number of carbonyl (C=O) groups excluding carboxylic acids is 1. The zero-order valence-corrected chi connectivity index (χ0v) is 14.6. The average Bonchev–Trinajstić information content (AvgIpc) is 2.59. The van der Waals surface area contributed by atoms with E-state index >= 15 is 0 Å². The SMILES string of the molecule is Cc1cc(C)c(NC(=O)c2cnc(Nc3ccccc3)nc2)c(Cl)c1. The van der Waals surface area contributed by atoms with Crippen LogP contribution in [0.5, 0.6) is 0 Å². The van der Waals surface area contributed by atoms with Crippen LogP contribution in [0.25, 0.3) is 0 Å². The highest BCUT2D eigenvalue weighted by Crippen LogP contribution is 2.27. The number of para-hydroxylation sites is 1. The Morgan fingerprint density at radius 3 is 2.36 bits per heavy atom. The van der Waals surface area contributed by atoms with Crippen molar-refractivity contribution in [2.24, 2.45) is 0 Å². The number of aryl methyl sites for hydroxylation is 2. The molecular weight excluding hydrogens is 336 g/mol. The summed E-state index contributed by atoms with van der Waals surface area (Å²) in [6.07, 6.45) is 2.95. The molecule has 0 aliphatic heterocycles. The third kappa shape index (κ3) is 4.14. The molecular formula is C19H17ClN4O. The number of halogens is 1. The first-order valence-corrected chi connectivity index (χ1v) is 8.13. The minimum atomic E-state index is -0.305. The summed E-state index contributed by atoms with van der Waals surface area (Å²) in [5.74, 6) is 0.118. The smallest absolute Gasteiger partial charge is 0.258 e. The second kappa shape index (κ2) is 7.32. The predicted molar refractivity (Wildman–Crippen MR) is 101 cm³/mol. The molecule has 0 unspecified atom stereocenters. The zero-order chi connectivity index (χ0) is 17.8. The Balaban J connectivity index is 1.73. The van der Waals surface area contributed by atoms with Crippen LogP contribution >= 0.6 is 11.6 Å². The second-order valence-corrected chi connectivity index (χ2v) is 6.09. The minimum absolute atomic E-state index is 0.305. The van der Waals surface area contributed by atoms with Gasteiger partial charge in [0.15, 0.2) is 0 Å². The maximum Gasteiger partial charge on any atom is 0.258 e. The maximum absolute atomic E-state index is 12.4. The topological polar surface area (TPSA) is 66.9 Å². The van der Waals surface area contributed by atoms with E-state index in [4.69, 9.17) is 11.6 Å². The summed E-state index contributed by atoms with van der Waals surface area (Å²) in [6, 6.07) is 13.4. The van der Waals surface area contributed by atoms with E-state index < -0.39 is 0 Å². The Kier molecular flexibility index (Phi) is 4.95. The Bertz CT molecular complexity index is 872. The van der Waals surface area contributed by atoms with Gasteiger partial charge in [0.2, 0.25) is 5.95 Å². The van der Waals surface area contributed by atoms with Gasteiger partial charge >= 0.3 is 0 Å². The molecule has 5 nitrogen and oxygen atoms in total. The van der Waals surface area contributed by atoms with Gasteiger partial charge in [0.1, 0.15) is 0 Å². The lowest BCUT2D eigenvalue weighted by molar-refractivity contribution is 0.102. The largest absolute Gasteiger partial charge is 0.324 e. The molecule has 0 spiro atoms. The number of aromatic nitrogens is 2. The summed E-state index contributed by atoms with van der Waals surface area (Å²) < 4.78 is 0. The van der Waals surface area contributed by atoms with Gasteiger partial charge in [0, 0.05) is 18.1 Å². The van der Waals surface area contributed by atoms with Crippen molar-refractivity contribution < 1.29 is 4.79 Å². The maximum atomic E-state index is 12.4. The van der Waals surface area contributed by atoms with Gasteiger partial charge in [-0.1, -0.05) is 35.9 Å². The molecule has 0 radical (unpaired) electrons. The zero-order valence-electron chi connectivity index (χ0n) is 13.9. The monoisotopic (exact) mass is 352 g/mol. The van der Waals surface area contributed by atoms with E-state index in [2.05, 4.69) is 20.6 Å². The predicted octanol–water partition coefficient (Wildman–Crippen LogP) is 4.74. The number of hydrogen-bond acceptors (Lipinski definition) is 4. The van der Waals surface area contributed by atoms with Crippen molar-refractivity contribution >= 4 is 34.8 Å². The van der Waals surface area contributed by atoms with E-state index in [1.165, 1.54) is 12.4 Å². The van der Waals surface area contributed by atoms with Crippen LogP contribution in [-0.2, 0) is 0 Å².